The predicted octanol–water partition coefficient (Wildman–Crippen LogP) is 8.31. The van der Waals surface area contributed by atoms with E-state index >= 15 is 0 Å². The van der Waals surface area contributed by atoms with Crippen molar-refractivity contribution in [2.75, 3.05) is 6.61 Å². The molecule has 0 saturated heterocycles. The van der Waals surface area contributed by atoms with E-state index in [1.165, 1.54) is 0 Å². The summed E-state index contributed by atoms with van der Waals surface area (Å²) in [6.07, 6.45) is -1.51. The fourth-order valence-corrected chi connectivity index (χ4v) is 6.75. The summed E-state index contributed by atoms with van der Waals surface area (Å²) in [5.41, 5.74) is 5.13. The fraction of sp³-hybridized carbons (Fsp3) is 0.250. The van der Waals surface area contributed by atoms with Crippen molar-refractivity contribution in [3.63, 3.8) is 0 Å². The van der Waals surface area contributed by atoms with E-state index in [0.717, 1.165) is 32.8 Å². The Morgan fingerprint density at radius 3 is 1.40 bits per heavy atom. The maximum Gasteiger partial charge on any atom is 0.115 e. The molecule has 0 aliphatic rings. The predicted molar refractivity (Wildman–Crippen MR) is 205 cm³/mol. The smallest absolute Gasteiger partial charge is 0.115 e. The molecule has 0 spiro atoms. The van der Waals surface area contributed by atoms with Crippen LogP contribution in [0.3, 0.4) is 0 Å². The van der Waals surface area contributed by atoms with Crippen molar-refractivity contribution in [1.82, 2.24) is 10.3 Å². The standard InChI is InChI=1S/C44H46N2O5S/c47-39(33-48-29-35-18-8-2-9-19-35)41(49-30-36-20-10-3-11-21-36)43(51-32-38-24-14-5-15-25-38)42(50-31-37-22-12-4-13-23-37)40(44-45-26-27-52-44)46-28-34-16-6-1-7-17-34/h1-27,39-43,46-47H,28-33H2/t39-,40+,41-,42+,43+/m1/s1. The van der Waals surface area contributed by atoms with Crippen molar-refractivity contribution in [2.45, 2.75) is 63.4 Å². The lowest BCUT2D eigenvalue weighted by molar-refractivity contribution is -0.193. The molecule has 2 N–H and O–H groups in total. The molecule has 8 heteroatoms. The Labute approximate surface area is 310 Å². The van der Waals surface area contributed by atoms with Gasteiger partial charge in [-0.3, -0.25) is 0 Å². The van der Waals surface area contributed by atoms with Crippen LogP contribution in [0.5, 0.6) is 0 Å². The van der Waals surface area contributed by atoms with Crippen LogP contribution in [-0.4, -0.2) is 41.1 Å². The molecule has 5 atom stereocenters. The number of ether oxygens (including phenoxy) is 4. The van der Waals surface area contributed by atoms with Gasteiger partial charge in [0.2, 0.25) is 0 Å². The monoisotopic (exact) mass is 714 g/mol. The van der Waals surface area contributed by atoms with Crippen molar-refractivity contribution < 1.29 is 24.1 Å². The lowest BCUT2D eigenvalue weighted by atomic mass is 9.96. The normalized spacial score (nSPS) is 14.3. The Kier molecular flexibility index (Phi) is 14.7. The zero-order valence-corrected chi connectivity index (χ0v) is 30.0. The maximum absolute atomic E-state index is 12.1. The molecule has 0 saturated carbocycles. The topological polar surface area (TPSA) is 82.1 Å². The van der Waals surface area contributed by atoms with E-state index in [0.29, 0.717) is 19.8 Å². The van der Waals surface area contributed by atoms with Crippen LogP contribution in [0, 0.1) is 0 Å². The van der Waals surface area contributed by atoms with E-state index in [-0.39, 0.29) is 19.8 Å². The zero-order valence-electron chi connectivity index (χ0n) is 29.2. The number of rotatable bonds is 21. The van der Waals surface area contributed by atoms with Crippen LogP contribution >= 0.6 is 11.3 Å². The van der Waals surface area contributed by atoms with Crippen LogP contribution < -0.4 is 5.32 Å². The molecule has 5 aromatic carbocycles. The summed E-state index contributed by atoms with van der Waals surface area (Å²) < 4.78 is 26.7. The summed E-state index contributed by atoms with van der Waals surface area (Å²) in [6.45, 7) is 1.81. The highest BCUT2D eigenvalue weighted by Gasteiger charge is 2.42. The molecule has 0 aliphatic heterocycles. The fourth-order valence-electron chi connectivity index (χ4n) is 6.00. The average molecular weight is 715 g/mol. The molecule has 6 rings (SSSR count). The van der Waals surface area contributed by atoms with Crippen LogP contribution in [0.4, 0.5) is 0 Å². The van der Waals surface area contributed by atoms with Crippen LogP contribution in [0.25, 0.3) is 0 Å². The van der Waals surface area contributed by atoms with Gasteiger partial charge in [-0.05, 0) is 27.8 Å². The number of hydrogen-bond acceptors (Lipinski definition) is 8. The first-order valence-corrected chi connectivity index (χ1v) is 18.5. The minimum atomic E-state index is -1.05. The van der Waals surface area contributed by atoms with Gasteiger partial charge < -0.3 is 29.4 Å². The molecular formula is C44H46N2O5S. The Morgan fingerprint density at radius 1 is 0.519 bits per heavy atom. The van der Waals surface area contributed by atoms with Crippen LogP contribution in [-0.2, 0) is 51.9 Å². The Bertz CT molecular complexity index is 1800. The van der Waals surface area contributed by atoms with Gasteiger partial charge in [-0.15, -0.1) is 11.3 Å². The third-order valence-electron chi connectivity index (χ3n) is 8.70. The summed E-state index contributed by atoms with van der Waals surface area (Å²) in [5.74, 6) is 0. The molecule has 0 fully saturated rings. The molecule has 6 aromatic rings. The minimum absolute atomic E-state index is 0.0321. The number of hydrogen-bond donors (Lipinski definition) is 2. The quantitative estimate of drug-likeness (QED) is 0.0777. The van der Waals surface area contributed by atoms with Crippen molar-refractivity contribution >= 4 is 11.3 Å². The first-order chi connectivity index (χ1) is 25.7. The largest absolute Gasteiger partial charge is 0.388 e. The molecule has 1 aromatic heterocycles. The highest BCUT2D eigenvalue weighted by Crippen LogP contribution is 2.31. The lowest BCUT2D eigenvalue weighted by Gasteiger charge is -2.39. The summed E-state index contributed by atoms with van der Waals surface area (Å²) >= 11 is 1.55. The van der Waals surface area contributed by atoms with Gasteiger partial charge in [-0.1, -0.05) is 152 Å². The Morgan fingerprint density at radius 2 is 0.942 bits per heavy atom. The van der Waals surface area contributed by atoms with Crippen LogP contribution in [0.2, 0.25) is 0 Å². The molecule has 268 valence electrons. The highest BCUT2D eigenvalue weighted by molar-refractivity contribution is 7.09. The van der Waals surface area contributed by atoms with Gasteiger partial charge in [0.15, 0.2) is 0 Å². The lowest BCUT2D eigenvalue weighted by Crippen LogP contribution is -2.53. The number of nitrogens with one attached hydrogen (secondary N) is 1. The molecule has 1 heterocycles. The number of aliphatic hydroxyl groups is 1. The molecule has 0 amide bonds. The number of thiazole rings is 1. The van der Waals surface area contributed by atoms with Gasteiger partial charge in [0, 0.05) is 18.1 Å². The van der Waals surface area contributed by atoms with Crippen molar-refractivity contribution in [2.24, 2.45) is 0 Å². The second-order valence-electron chi connectivity index (χ2n) is 12.6. The third kappa shape index (κ3) is 11.5. The average Bonchev–Trinajstić information content (AvgIpc) is 3.74. The van der Waals surface area contributed by atoms with E-state index in [1.54, 1.807) is 17.5 Å². The molecule has 0 bridgehead atoms. The van der Waals surface area contributed by atoms with Crippen molar-refractivity contribution in [3.05, 3.63) is 196 Å². The van der Waals surface area contributed by atoms with Gasteiger partial charge in [-0.2, -0.15) is 0 Å². The molecular weight excluding hydrogens is 669 g/mol. The molecule has 7 nitrogen and oxygen atoms in total. The van der Waals surface area contributed by atoms with E-state index < -0.39 is 30.5 Å². The van der Waals surface area contributed by atoms with E-state index in [4.69, 9.17) is 23.9 Å². The summed E-state index contributed by atoms with van der Waals surface area (Å²) in [5, 5.41) is 18.6. The molecule has 52 heavy (non-hydrogen) atoms. The van der Waals surface area contributed by atoms with Gasteiger partial charge in [-0.25, -0.2) is 4.98 Å². The second kappa shape index (κ2) is 20.5. The van der Waals surface area contributed by atoms with Crippen LogP contribution in [0.15, 0.2) is 163 Å². The first kappa shape index (κ1) is 37.3. The Balaban J connectivity index is 1.37. The number of aromatic nitrogens is 1. The number of benzene rings is 5. The van der Waals surface area contributed by atoms with E-state index in [9.17, 15) is 5.11 Å². The molecule has 0 unspecified atom stereocenters. The second-order valence-corrected chi connectivity index (χ2v) is 13.5. The third-order valence-corrected chi connectivity index (χ3v) is 9.56. The van der Waals surface area contributed by atoms with E-state index in [1.807, 2.05) is 145 Å². The van der Waals surface area contributed by atoms with Gasteiger partial charge >= 0.3 is 0 Å². The number of nitrogens with zero attached hydrogens (tertiary/aromatic N) is 1. The summed E-state index contributed by atoms with van der Waals surface area (Å²) in [6, 6.07) is 49.9. The SMILES string of the molecule is O[C@H](COCc1ccccc1)[C@@H](OCc1ccccc1)[C@H](OCc1ccccc1)[C@@H](OCc1ccccc1)[C@H](NCc1ccccc1)c1nccs1. The zero-order chi connectivity index (χ0) is 35.6. The van der Waals surface area contributed by atoms with Crippen LogP contribution in [0.1, 0.15) is 38.9 Å². The van der Waals surface area contributed by atoms with E-state index in [2.05, 4.69) is 17.4 Å². The van der Waals surface area contributed by atoms with Gasteiger partial charge in [0.05, 0.1) is 39.1 Å². The highest BCUT2D eigenvalue weighted by atomic mass is 32.1. The summed E-state index contributed by atoms with van der Waals surface area (Å²) in [7, 11) is 0. The first-order valence-electron chi connectivity index (χ1n) is 17.7. The molecule has 0 radical (unpaired) electrons. The molecule has 0 aliphatic carbocycles. The minimum Gasteiger partial charge on any atom is -0.388 e. The van der Waals surface area contributed by atoms with Crippen molar-refractivity contribution in [3.8, 4) is 0 Å². The Hall–Kier alpha value is -4.51. The van der Waals surface area contributed by atoms with Crippen molar-refractivity contribution in [1.29, 1.82) is 0 Å². The summed E-state index contributed by atoms with van der Waals surface area (Å²) in [4.78, 5) is 4.78. The van der Waals surface area contributed by atoms with Gasteiger partial charge in [0.1, 0.15) is 29.4 Å². The van der Waals surface area contributed by atoms with Gasteiger partial charge in [0.25, 0.3) is 0 Å². The number of aliphatic hydroxyl groups excluding tert-OH is 1. The maximum atomic E-state index is 12.1.